The van der Waals surface area contributed by atoms with E-state index in [9.17, 15) is 4.79 Å². The number of primary amides is 1. The predicted molar refractivity (Wildman–Crippen MR) is 61.5 cm³/mol. The lowest BCUT2D eigenvalue weighted by molar-refractivity contribution is 0.0998. The molecule has 1 heterocycles. The van der Waals surface area contributed by atoms with Crippen molar-refractivity contribution in [1.82, 2.24) is 10.2 Å². The van der Waals surface area contributed by atoms with E-state index in [2.05, 4.69) is 10.2 Å². The van der Waals surface area contributed by atoms with E-state index in [-0.39, 0.29) is 11.4 Å². The molecule has 2 aromatic rings. The molecule has 0 spiro atoms. The highest BCUT2D eigenvalue weighted by Crippen LogP contribution is 2.23. The number of ether oxygens (including phenoxy) is 1. The van der Waals surface area contributed by atoms with Gasteiger partial charge in [-0.25, -0.2) is 0 Å². The zero-order chi connectivity index (χ0) is 12.3. The van der Waals surface area contributed by atoms with Crippen molar-refractivity contribution in [2.45, 2.75) is 0 Å². The van der Waals surface area contributed by atoms with E-state index in [0.29, 0.717) is 11.6 Å². The second kappa shape index (κ2) is 4.48. The molecule has 6 heteroatoms. The van der Waals surface area contributed by atoms with Gasteiger partial charge >= 0.3 is 0 Å². The standard InChI is InChI=1S/C11H10N4O2/c12-9-5-6-10(15-14-9)17-8-4-2-1-3-7(8)11(13)16/h1-6H,(H2,12,14)(H2,13,16). The van der Waals surface area contributed by atoms with Crippen LogP contribution in [0.5, 0.6) is 11.6 Å². The van der Waals surface area contributed by atoms with Crippen LogP contribution in [0.3, 0.4) is 0 Å². The van der Waals surface area contributed by atoms with Crippen LogP contribution in [0.1, 0.15) is 10.4 Å². The molecule has 6 nitrogen and oxygen atoms in total. The first kappa shape index (κ1) is 10.9. The number of amides is 1. The minimum absolute atomic E-state index is 0.243. The van der Waals surface area contributed by atoms with Gasteiger partial charge in [-0.3, -0.25) is 4.79 Å². The lowest BCUT2D eigenvalue weighted by Crippen LogP contribution is -2.12. The zero-order valence-corrected chi connectivity index (χ0v) is 8.83. The fourth-order valence-electron chi connectivity index (χ4n) is 1.26. The average molecular weight is 230 g/mol. The van der Waals surface area contributed by atoms with Gasteiger partial charge in [0.25, 0.3) is 5.91 Å². The van der Waals surface area contributed by atoms with Crippen molar-refractivity contribution in [2.75, 3.05) is 5.73 Å². The Bertz CT molecular complexity index is 539. The molecule has 0 aliphatic rings. The molecule has 0 fully saturated rings. The van der Waals surface area contributed by atoms with Gasteiger partial charge in [-0.05, 0) is 18.2 Å². The van der Waals surface area contributed by atoms with Crippen molar-refractivity contribution >= 4 is 11.7 Å². The lowest BCUT2D eigenvalue weighted by Gasteiger charge is -2.07. The van der Waals surface area contributed by atoms with Crippen LogP contribution in [0.2, 0.25) is 0 Å². The third-order valence-corrected chi connectivity index (χ3v) is 2.03. The SMILES string of the molecule is NC(=O)c1ccccc1Oc1ccc(N)nn1. The Hall–Kier alpha value is -2.63. The maximum atomic E-state index is 11.2. The predicted octanol–water partition coefficient (Wildman–Crippen LogP) is 0.950. The molecular formula is C11H10N4O2. The molecule has 0 bridgehead atoms. The van der Waals surface area contributed by atoms with Gasteiger partial charge in [0, 0.05) is 6.07 Å². The minimum Gasteiger partial charge on any atom is -0.437 e. The summed E-state index contributed by atoms with van der Waals surface area (Å²) in [4.78, 5) is 11.2. The largest absolute Gasteiger partial charge is 0.437 e. The van der Waals surface area contributed by atoms with Gasteiger partial charge in [-0.2, -0.15) is 0 Å². The molecule has 0 atom stereocenters. The van der Waals surface area contributed by atoms with Crippen LogP contribution in [-0.4, -0.2) is 16.1 Å². The van der Waals surface area contributed by atoms with Crippen LogP contribution in [0.4, 0.5) is 5.82 Å². The van der Waals surface area contributed by atoms with Crippen molar-refractivity contribution < 1.29 is 9.53 Å². The number of carbonyl (C=O) groups is 1. The Morgan fingerprint density at radius 3 is 2.53 bits per heavy atom. The van der Waals surface area contributed by atoms with Crippen molar-refractivity contribution in [3.05, 3.63) is 42.0 Å². The van der Waals surface area contributed by atoms with E-state index in [1.165, 1.54) is 0 Å². The van der Waals surface area contributed by atoms with Gasteiger partial charge in [0.15, 0.2) is 0 Å². The molecule has 1 aromatic carbocycles. The van der Waals surface area contributed by atoms with E-state index >= 15 is 0 Å². The monoisotopic (exact) mass is 230 g/mol. The molecule has 86 valence electrons. The van der Waals surface area contributed by atoms with Gasteiger partial charge in [0.1, 0.15) is 11.6 Å². The summed E-state index contributed by atoms with van der Waals surface area (Å²) in [5, 5.41) is 7.36. The van der Waals surface area contributed by atoms with Crippen molar-refractivity contribution in [3.63, 3.8) is 0 Å². The van der Waals surface area contributed by atoms with Gasteiger partial charge in [-0.1, -0.05) is 12.1 Å². The lowest BCUT2D eigenvalue weighted by atomic mass is 10.2. The number of hydrogen-bond acceptors (Lipinski definition) is 5. The summed E-state index contributed by atoms with van der Waals surface area (Å²) in [6.45, 7) is 0. The summed E-state index contributed by atoms with van der Waals surface area (Å²) in [7, 11) is 0. The van der Waals surface area contributed by atoms with E-state index in [1.807, 2.05) is 0 Å². The maximum Gasteiger partial charge on any atom is 0.252 e. The first-order chi connectivity index (χ1) is 8.16. The fourth-order valence-corrected chi connectivity index (χ4v) is 1.26. The van der Waals surface area contributed by atoms with Crippen molar-refractivity contribution in [3.8, 4) is 11.6 Å². The number of nitrogens with two attached hydrogens (primary N) is 2. The molecule has 17 heavy (non-hydrogen) atoms. The van der Waals surface area contributed by atoms with Crippen molar-refractivity contribution in [2.24, 2.45) is 5.73 Å². The number of carbonyl (C=O) groups excluding carboxylic acids is 1. The van der Waals surface area contributed by atoms with Crippen LogP contribution in [0.25, 0.3) is 0 Å². The van der Waals surface area contributed by atoms with Crippen LogP contribution in [-0.2, 0) is 0 Å². The van der Waals surface area contributed by atoms with Crippen LogP contribution in [0.15, 0.2) is 36.4 Å². The number of hydrogen-bond donors (Lipinski definition) is 2. The highest BCUT2D eigenvalue weighted by molar-refractivity contribution is 5.95. The molecule has 0 unspecified atom stereocenters. The van der Waals surface area contributed by atoms with Gasteiger partial charge in [0.05, 0.1) is 5.56 Å². The van der Waals surface area contributed by atoms with E-state index in [1.54, 1.807) is 36.4 Å². The quantitative estimate of drug-likeness (QED) is 0.816. The molecule has 0 aliphatic heterocycles. The molecular weight excluding hydrogens is 220 g/mol. The molecule has 0 radical (unpaired) electrons. The number of anilines is 1. The maximum absolute atomic E-state index is 11.2. The van der Waals surface area contributed by atoms with E-state index in [4.69, 9.17) is 16.2 Å². The number of para-hydroxylation sites is 1. The molecule has 0 aliphatic carbocycles. The summed E-state index contributed by atoms with van der Waals surface area (Å²) < 4.78 is 5.40. The summed E-state index contributed by atoms with van der Waals surface area (Å²) in [5.41, 5.74) is 10.9. The highest BCUT2D eigenvalue weighted by Gasteiger charge is 2.09. The average Bonchev–Trinajstić information content (AvgIpc) is 2.32. The molecule has 0 saturated carbocycles. The number of nitrogen functional groups attached to an aromatic ring is 1. The summed E-state index contributed by atoms with van der Waals surface area (Å²) in [6, 6.07) is 9.73. The number of benzene rings is 1. The number of rotatable bonds is 3. The normalized spacial score (nSPS) is 9.88. The fraction of sp³-hybridized carbons (Fsp3) is 0. The van der Waals surface area contributed by atoms with Crippen LogP contribution < -0.4 is 16.2 Å². The van der Waals surface area contributed by atoms with E-state index < -0.39 is 5.91 Å². The molecule has 1 amide bonds. The molecule has 1 aromatic heterocycles. The minimum atomic E-state index is -0.566. The first-order valence-electron chi connectivity index (χ1n) is 4.82. The topological polar surface area (TPSA) is 104 Å². The van der Waals surface area contributed by atoms with Gasteiger partial charge in [-0.15, -0.1) is 10.2 Å². The number of aromatic nitrogens is 2. The van der Waals surface area contributed by atoms with Crippen LogP contribution in [0, 0.1) is 0 Å². The third-order valence-electron chi connectivity index (χ3n) is 2.03. The molecule has 0 saturated heterocycles. The Morgan fingerprint density at radius 1 is 1.12 bits per heavy atom. The Balaban J connectivity index is 2.30. The third kappa shape index (κ3) is 2.49. The molecule has 4 N–H and O–H groups in total. The van der Waals surface area contributed by atoms with Crippen LogP contribution >= 0.6 is 0 Å². The highest BCUT2D eigenvalue weighted by atomic mass is 16.5. The second-order valence-corrected chi connectivity index (χ2v) is 3.26. The summed E-state index contributed by atoms with van der Waals surface area (Å²) >= 11 is 0. The number of nitrogens with zero attached hydrogens (tertiary/aromatic N) is 2. The van der Waals surface area contributed by atoms with Gasteiger partial charge < -0.3 is 16.2 Å². The Kier molecular flexibility index (Phi) is 2.87. The Labute approximate surface area is 97.2 Å². The van der Waals surface area contributed by atoms with E-state index in [0.717, 1.165) is 0 Å². The smallest absolute Gasteiger partial charge is 0.252 e. The van der Waals surface area contributed by atoms with Gasteiger partial charge in [0.2, 0.25) is 5.88 Å². The second-order valence-electron chi connectivity index (χ2n) is 3.26. The zero-order valence-electron chi connectivity index (χ0n) is 8.83. The van der Waals surface area contributed by atoms with Crippen molar-refractivity contribution in [1.29, 1.82) is 0 Å². The summed E-state index contributed by atoms with van der Waals surface area (Å²) in [6.07, 6.45) is 0. The first-order valence-corrected chi connectivity index (χ1v) is 4.82. The molecule has 2 rings (SSSR count). The Morgan fingerprint density at radius 2 is 1.88 bits per heavy atom. The summed E-state index contributed by atoms with van der Waals surface area (Å²) in [5.74, 6) is 0.302.